The highest BCUT2D eigenvalue weighted by Gasteiger charge is 2.19. The molecule has 92 valence electrons. The van der Waals surface area contributed by atoms with Crippen LogP contribution >= 0.6 is 0 Å². The van der Waals surface area contributed by atoms with Crippen molar-refractivity contribution in [3.05, 3.63) is 42.0 Å². The summed E-state index contributed by atoms with van der Waals surface area (Å²) in [5, 5.41) is 3.37. The van der Waals surface area contributed by atoms with Gasteiger partial charge in [-0.15, -0.1) is 0 Å². The molecule has 0 heterocycles. The minimum Gasteiger partial charge on any atom is -0.487 e. The van der Waals surface area contributed by atoms with Crippen molar-refractivity contribution < 1.29 is 4.74 Å². The van der Waals surface area contributed by atoms with Gasteiger partial charge < -0.3 is 10.1 Å². The van der Waals surface area contributed by atoms with Crippen molar-refractivity contribution in [2.75, 3.05) is 7.05 Å². The monoisotopic (exact) mass is 231 g/mol. The van der Waals surface area contributed by atoms with Gasteiger partial charge in [-0.1, -0.05) is 18.7 Å². The van der Waals surface area contributed by atoms with Crippen molar-refractivity contribution in [2.24, 2.45) is 0 Å². The predicted molar refractivity (Wildman–Crippen MR) is 71.5 cm³/mol. The highest BCUT2D eigenvalue weighted by atomic mass is 16.5. The average Bonchev–Trinajstić information content (AvgIpc) is 2.37. The van der Waals surface area contributed by atoms with Crippen LogP contribution in [0.3, 0.4) is 0 Å². The van der Waals surface area contributed by atoms with Crippen molar-refractivity contribution in [1.29, 1.82) is 0 Å². The Labute approximate surface area is 104 Å². The van der Waals surface area contributed by atoms with Gasteiger partial charge in [-0.3, -0.25) is 0 Å². The molecule has 0 saturated heterocycles. The first-order chi connectivity index (χ1) is 8.24. The van der Waals surface area contributed by atoms with E-state index < -0.39 is 0 Å². The molecule has 2 unspecified atom stereocenters. The molecule has 1 aromatic carbocycles. The fourth-order valence-electron chi connectivity index (χ4n) is 2.43. The van der Waals surface area contributed by atoms with E-state index in [1.165, 1.54) is 24.0 Å². The summed E-state index contributed by atoms with van der Waals surface area (Å²) in [6.45, 7) is 5.74. The van der Waals surface area contributed by atoms with Crippen molar-refractivity contribution >= 4 is 0 Å². The quantitative estimate of drug-likeness (QED) is 0.803. The van der Waals surface area contributed by atoms with Gasteiger partial charge >= 0.3 is 0 Å². The Morgan fingerprint density at radius 2 is 2.35 bits per heavy atom. The molecular weight excluding hydrogens is 210 g/mol. The van der Waals surface area contributed by atoms with Gasteiger partial charge in [0.15, 0.2) is 0 Å². The van der Waals surface area contributed by atoms with Crippen molar-refractivity contribution in [2.45, 2.75) is 38.3 Å². The highest BCUT2D eigenvalue weighted by Crippen LogP contribution is 2.32. The third-order valence-corrected chi connectivity index (χ3v) is 3.43. The van der Waals surface area contributed by atoms with Gasteiger partial charge in [-0.2, -0.15) is 0 Å². The number of rotatable bonds is 4. The van der Waals surface area contributed by atoms with Crippen LogP contribution in [0.2, 0.25) is 0 Å². The highest BCUT2D eigenvalue weighted by molar-refractivity contribution is 5.39. The summed E-state index contributed by atoms with van der Waals surface area (Å²) in [7, 11) is 2.03. The Hall–Kier alpha value is -1.28. The summed E-state index contributed by atoms with van der Waals surface area (Å²) < 4.78 is 5.76. The molecular formula is C15H21NO. The van der Waals surface area contributed by atoms with Crippen molar-refractivity contribution in [3.8, 4) is 5.75 Å². The Morgan fingerprint density at radius 3 is 3.06 bits per heavy atom. The standard InChI is InChI=1S/C15H21NO/c1-4-11(2)17-13-8-9-14-12(10-13)6-5-7-15(14)16-3/h4,8-11,15-16H,1,5-7H2,2-3H3. The lowest BCUT2D eigenvalue weighted by Gasteiger charge is -2.25. The normalized spacial score (nSPS) is 20.5. The van der Waals surface area contributed by atoms with Crippen LogP contribution < -0.4 is 10.1 Å². The van der Waals surface area contributed by atoms with Crippen LogP contribution in [0.5, 0.6) is 5.75 Å². The van der Waals surface area contributed by atoms with Gasteiger partial charge in [0.2, 0.25) is 0 Å². The molecule has 0 aromatic heterocycles. The summed E-state index contributed by atoms with van der Waals surface area (Å²) >= 11 is 0. The van der Waals surface area contributed by atoms with Gasteiger partial charge in [0, 0.05) is 6.04 Å². The van der Waals surface area contributed by atoms with E-state index in [0.29, 0.717) is 6.04 Å². The van der Waals surface area contributed by atoms with Crippen LogP contribution in [-0.4, -0.2) is 13.2 Å². The number of nitrogens with one attached hydrogen (secondary N) is 1. The second-order valence-electron chi connectivity index (χ2n) is 4.65. The zero-order chi connectivity index (χ0) is 12.3. The zero-order valence-corrected chi connectivity index (χ0v) is 10.7. The molecule has 2 nitrogen and oxygen atoms in total. The van der Waals surface area contributed by atoms with Crippen LogP contribution in [0.4, 0.5) is 0 Å². The second kappa shape index (κ2) is 5.37. The molecule has 1 aliphatic rings. The summed E-state index contributed by atoms with van der Waals surface area (Å²) in [5.74, 6) is 0.952. The Kier molecular flexibility index (Phi) is 3.85. The molecule has 2 rings (SSSR count). The van der Waals surface area contributed by atoms with Crippen LogP contribution in [0.25, 0.3) is 0 Å². The molecule has 0 spiro atoms. The lowest BCUT2D eigenvalue weighted by atomic mass is 9.87. The molecule has 0 amide bonds. The van der Waals surface area contributed by atoms with Gasteiger partial charge in [-0.25, -0.2) is 0 Å². The Morgan fingerprint density at radius 1 is 1.53 bits per heavy atom. The first kappa shape index (κ1) is 12.2. The maximum atomic E-state index is 5.76. The fraction of sp³-hybridized carbons (Fsp3) is 0.467. The second-order valence-corrected chi connectivity index (χ2v) is 4.65. The molecule has 0 bridgehead atoms. The first-order valence-electron chi connectivity index (χ1n) is 6.34. The SMILES string of the molecule is C=CC(C)Oc1ccc2c(c1)CCCC2NC. The van der Waals surface area contributed by atoms with Crippen LogP contribution in [0, 0.1) is 0 Å². The molecule has 2 atom stereocenters. The van der Waals surface area contributed by atoms with Crippen molar-refractivity contribution in [1.82, 2.24) is 5.32 Å². The topological polar surface area (TPSA) is 21.3 Å². The zero-order valence-electron chi connectivity index (χ0n) is 10.7. The number of hydrogen-bond donors (Lipinski definition) is 1. The van der Waals surface area contributed by atoms with E-state index in [9.17, 15) is 0 Å². The minimum absolute atomic E-state index is 0.0664. The van der Waals surface area contributed by atoms with Gasteiger partial charge in [0.25, 0.3) is 0 Å². The Bertz CT molecular complexity index is 400. The molecule has 2 heteroatoms. The van der Waals surface area contributed by atoms with Crippen LogP contribution in [0.1, 0.15) is 36.9 Å². The number of fused-ring (bicyclic) bond motifs is 1. The number of hydrogen-bond acceptors (Lipinski definition) is 2. The van der Waals surface area contributed by atoms with E-state index in [0.717, 1.165) is 12.2 Å². The minimum atomic E-state index is 0.0664. The molecule has 0 fully saturated rings. The van der Waals surface area contributed by atoms with E-state index in [1.807, 2.05) is 20.0 Å². The van der Waals surface area contributed by atoms with E-state index in [-0.39, 0.29) is 6.10 Å². The number of ether oxygens (including phenoxy) is 1. The molecule has 1 N–H and O–H groups in total. The summed E-state index contributed by atoms with van der Waals surface area (Å²) in [4.78, 5) is 0. The summed E-state index contributed by atoms with van der Waals surface area (Å²) in [6.07, 6.45) is 5.52. The molecule has 0 saturated carbocycles. The lowest BCUT2D eigenvalue weighted by Crippen LogP contribution is -2.21. The lowest BCUT2D eigenvalue weighted by molar-refractivity contribution is 0.269. The first-order valence-corrected chi connectivity index (χ1v) is 6.34. The molecule has 1 aliphatic carbocycles. The maximum Gasteiger partial charge on any atom is 0.120 e. The fourth-order valence-corrected chi connectivity index (χ4v) is 2.43. The predicted octanol–water partition coefficient (Wildman–Crippen LogP) is 3.24. The van der Waals surface area contributed by atoms with Crippen LogP contribution in [-0.2, 0) is 6.42 Å². The largest absolute Gasteiger partial charge is 0.487 e. The number of benzene rings is 1. The summed E-state index contributed by atoms with van der Waals surface area (Å²) in [5.41, 5.74) is 2.85. The van der Waals surface area contributed by atoms with E-state index in [2.05, 4.69) is 30.1 Å². The maximum absolute atomic E-state index is 5.76. The average molecular weight is 231 g/mol. The van der Waals surface area contributed by atoms with Crippen molar-refractivity contribution in [3.63, 3.8) is 0 Å². The Balaban J connectivity index is 2.21. The van der Waals surface area contributed by atoms with Gasteiger partial charge in [0.05, 0.1) is 0 Å². The molecule has 17 heavy (non-hydrogen) atoms. The molecule has 0 aliphatic heterocycles. The number of aryl methyl sites for hydroxylation is 1. The van der Waals surface area contributed by atoms with E-state index in [4.69, 9.17) is 4.74 Å². The molecule has 1 aromatic rings. The summed E-state index contributed by atoms with van der Waals surface area (Å²) in [6, 6.07) is 6.94. The third-order valence-electron chi connectivity index (χ3n) is 3.43. The van der Waals surface area contributed by atoms with Crippen LogP contribution in [0.15, 0.2) is 30.9 Å². The van der Waals surface area contributed by atoms with E-state index >= 15 is 0 Å². The third kappa shape index (κ3) is 2.70. The van der Waals surface area contributed by atoms with Gasteiger partial charge in [-0.05, 0) is 56.5 Å². The van der Waals surface area contributed by atoms with Gasteiger partial charge in [0.1, 0.15) is 11.9 Å². The molecule has 0 radical (unpaired) electrons. The van der Waals surface area contributed by atoms with E-state index in [1.54, 1.807) is 0 Å². The smallest absolute Gasteiger partial charge is 0.120 e.